The van der Waals surface area contributed by atoms with E-state index in [1.807, 2.05) is 6.92 Å². The van der Waals surface area contributed by atoms with Gasteiger partial charge in [-0.15, -0.1) is 11.3 Å². The number of halogens is 2. The van der Waals surface area contributed by atoms with Gasteiger partial charge in [0, 0.05) is 10.9 Å². The lowest BCUT2D eigenvalue weighted by Crippen LogP contribution is -1.90. The second-order valence-corrected chi connectivity index (χ2v) is 6.34. The van der Waals surface area contributed by atoms with Crippen LogP contribution in [0.25, 0.3) is 10.2 Å². The van der Waals surface area contributed by atoms with Crippen molar-refractivity contribution >= 4 is 44.8 Å². The van der Waals surface area contributed by atoms with Crippen LogP contribution in [0.15, 0.2) is 24.5 Å². The molecule has 2 aromatic heterocycles. The minimum Gasteiger partial charge on any atom is -0.438 e. The lowest BCUT2D eigenvalue weighted by molar-refractivity contribution is 0.468. The summed E-state index contributed by atoms with van der Waals surface area (Å²) >= 11 is 13.5. The van der Waals surface area contributed by atoms with Gasteiger partial charge < -0.3 is 4.74 Å². The van der Waals surface area contributed by atoms with Crippen LogP contribution in [0, 0.1) is 13.8 Å². The van der Waals surface area contributed by atoms with Crippen LogP contribution in [0.4, 0.5) is 0 Å². The summed E-state index contributed by atoms with van der Waals surface area (Å²) in [5.41, 5.74) is 1.14. The lowest BCUT2D eigenvalue weighted by atomic mass is 10.2. The van der Waals surface area contributed by atoms with Gasteiger partial charge in [0.1, 0.15) is 16.9 Å². The van der Waals surface area contributed by atoms with Crippen LogP contribution in [0.1, 0.15) is 10.4 Å². The third-order valence-electron chi connectivity index (χ3n) is 3.04. The van der Waals surface area contributed by atoms with Crippen LogP contribution < -0.4 is 4.74 Å². The Morgan fingerprint density at radius 2 is 1.90 bits per heavy atom. The zero-order valence-corrected chi connectivity index (χ0v) is 13.1. The van der Waals surface area contributed by atoms with Crippen LogP contribution in [0.5, 0.6) is 11.6 Å². The first-order valence-electron chi connectivity index (χ1n) is 5.90. The fourth-order valence-corrected chi connectivity index (χ4v) is 3.16. The summed E-state index contributed by atoms with van der Waals surface area (Å²) in [5.74, 6) is 1.14. The standard InChI is InChI=1S/C14H10Cl2N2OS/c1-7-8(2)20-14-12(7)13(17-6-18-14)19-9-3-4-10(15)11(16)5-9/h3-6H,1-2H3. The lowest BCUT2D eigenvalue weighted by Gasteiger charge is -2.07. The van der Waals surface area contributed by atoms with Crippen molar-refractivity contribution in [2.45, 2.75) is 13.8 Å². The zero-order chi connectivity index (χ0) is 14.3. The average Bonchev–Trinajstić information content (AvgIpc) is 2.71. The highest BCUT2D eigenvalue weighted by Crippen LogP contribution is 2.36. The number of hydrogen-bond acceptors (Lipinski definition) is 4. The molecule has 0 spiro atoms. The van der Waals surface area contributed by atoms with E-state index in [9.17, 15) is 0 Å². The third kappa shape index (κ3) is 2.35. The Morgan fingerprint density at radius 3 is 2.65 bits per heavy atom. The van der Waals surface area contributed by atoms with Crippen LogP contribution in [-0.2, 0) is 0 Å². The Kier molecular flexibility index (Phi) is 3.54. The number of benzene rings is 1. The van der Waals surface area contributed by atoms with Crippen molar-refractivity contribution in [1.82, 2.24) is 9.97 Å². The molecule has 6 heteroatoms. The maximum absolute atomic E-state index is 5.99. The van der Waals surface area contributed by atoms with E-state index in [0.29, 0.717) is 21.7 Å². The minimum atomic E-state index is 0.452. The molecule has 0 fully saturated rings. The molecule has 20 heavy (non-hydrogen) atoms. The minimum absolute atomic E-state index is 0.452. The van der Waals surface area contributed by atoms with Crippen molar-refractivity contribution in [2.24, 2.45) is 0 Å². The molecule has 0 N–H and O–H groups in total. The number of rotatable bonds is 2. The predicted molar refractivity (Wildman–Crippen MR) is 83.4 cm³/mol. The molecular weight excluding hydrogens is 315 g/mol. The van der Waals surface area contributed by atoms with Gasteiger partial charge >= 0.3 is 0 Å². The molecule has 0 saturated carbocycles. The summed E-state index contributed by atoms with van der Waals surface area (Å²) in [7, 11) is 0. The molecule has 0 unspecified atom stereocenters. The Hall–Kier alpha value is -1.36. The SMILES string of the molecule is Cc1sc2ncnc(Oc3ccc(Cl)c(Cl)c3)c2c1C. The van der Waals surface area contributed by atoms with Gasteiger partial charge in [0.2, 0.25) is 5.88 Å². The number of ether oxygens (including phenoxy) is 1. The van der Waals surface area contributed by atoms with Crippen molar-refractivity contribution in [1.29, 1.82) is 0 Å². The summed E-state index contributed by atoms with van der Waals surface area (Å²) < 4.78 is 5.83. The van der Waals surface area contributed by atoms with Crippen LogP contribution >= 0.6 is 34.5 Å². The second-order valence-electron chi connectivity index (χ2n) is 4.32. The normalized spacial score (nSPS) is 11.0. The second kappa shape index (κ2) is 5.20. The number of aryl methyl sites for hydroxylation is 2. The summed E-state index contributed by atoms with van der Waals surface area (Å²) in [6, 6.07) is 5.13. The van der Waals surface area contributed by atoms with Crippen LogP contribution in [-0.4, -0.2) is 9.97 Å². The first-order chi connectivity index (χ1) is 9.56. The molecular formula is C14H10Cl2N2OS. The third-order valence-corrected chi connectivity index (χ3v) is 4.89. The van der Waals surface area contributed by atoms with E-state index in [1.165, 1.54) is 11.2 Å². The van der Waals surface area contributed by atoms with Crippen LogP contribution in [0.3, 0.4) is 0 Å². The molecule has 0 aliphatic rings. The van der Waals surface area contributed by atoms with Gasteiger partial charge in [0.15, 0.2) is 0 Å². The Bertz CT molecular complexity index is 801. The topological polar surface area (TPSA) is 35.0 Å². The molecule has 0 amide bonds. The number of thiophene rings is 1. The van der Waals surface area contributed by atoms with Gasteiger partial charge in [-0.3, -0.25) is 0 Å². The molecule has 0 saturated heterocycles. The highest BCUT2D eigenvalue weighted by Gasteiger charge is 2.14. The van der Waals surface area contributed by atoms with E-state index in [0.717, 1.165) is 15.8 Å². The quantitative estimate of drug-likeness (QED) is 0.632. The van der Waals surface area contributed by atoms with E-state index in [4.69, 9.17) is 27.9 Å². The summed E-state index contributed by atoms with van der Waals surface area (Å²) in [4.78, 5) is 10.6. The van der Waals surface area contributed by atoms with Gasteiger partial charge in [0.05, 0.1) is 15.4 Å². The van der Waals surface area contributed by atoms with Crippen molar-refractivity contribution in [3.8, 4) is 11.6 Å². The highest BCUT2D eigenvalue weighted by molar-refractivity contribution is 7.18. The molecule has 1 aromatic carbocycles. The fourth-order valence-electron chi connectivity index (χ4n) is 1.88. The van der Waals surface area contributed by atoms with Gasteiger partial charge in [-0.05, 0) is 31.5 Å². The Balaban J connectivity index is 2.08. The first-order valence-corrected chi connectivity index (χ1v) is 7.47. The molecule has 0 radical (unpaired) electrons. The van der Waals surface area contributed by atoms with Gasteiger partial charge in [-0.2, -0.15) is 0 Å². The van der Waals surface area contributed by atoms with Gasteiger partial charge in [0.25, 0.3) is 0 Å². The average molecular weight is 325 g/mol. The Labute approximate surface area is 130 Å². The van der Waals surface area contributed by atoms with Crippen molar-refractivity contribution in [2.75, 3.05) is 0 Å². The van der Waals surface area contributed by atoms with Crippen molar-refractivity contribution in [3.05, 3.63) is 45.0 Å². The molecule has 0 aliphatic heterocycles. The number of nitrogens with zero attached hydrogens (tertiary/aromatic N) is 2. The molecule has 0 atom stereocenters. The molecule has 3 rings (SSSR count). The molecule has 102 valence electrons. The molecule has 2 heterocycles. The highest BCUT2D eigenvalue weighted by atomic mass is 35.5. The number of fused-ring (bicyclic) bond motifs is 1. The smallest absolute Gasteiger partial charge is 0.231 e. The van der Waals surface area contributed by atoms with Gasteiger partial charge in [-0.1, -0.05) is 23.2 Å². The zero-order valence-electron chi connectivity index (χ0n) is 10.8. The van der Waals surface area contributed by atoms with Crippen LogP contribution in [0.2, 0.25) is 10.0 Å². The fraction of sp³-hybridized carbons (Fsp3) is 0.143. The van der Waals surface area contributed by atoms with E-state index in [-0.39, 0.29) is 0 Å². The van der Waals surface area contributed by atoms with Crippen molar-refractivity contribution < 1.29 is 4.74 Å². The number of aromatic nitrogens is 2. The largest absolute Gasteiger partial charge is 0.438 e. The predicted octanol–water partition coefficient (Wildman–Crippen LogP) is 5.41. The van der Waals surface area contributed by atoms with E-state index in [2.05, 4.69) is 16.9 Å². The summed E-state index contributed by atoms with van der Waals surface area (Å²) in [5, 5.41) is 1.89. The maximum Gasteiger partial charge on any atom is 0.231 e. The number of hydrogen-bond donors (Lipinski definition) is 0. The van der Waals surface area contributed by atoms with E-state index < -0.39 is 0 Å². The first kappa shape index (κ1) is 13.6. The van der Waals surface area contributed by atoms with E-state index >= 15 is 0 Å². The monoisotopic (exact) mass is 324 g/mol. The summed E-state index contributed by atoms with van der Waals surface area (Å²) in [6.07, 6.45) is 1.50. The maximum atomic E-state index is 5.99. The molecule has 3 nitrogen and oxygen atoms in total. The Morgan fingerprint density at radius 1 is 1.10 bits per heavy atom. The van der Waals surface area contributed by atoms with Crippen molar-refractivity contribution in [3.63, 3.8) is 0 Å². The van der Waals surface area contributed by atoms with E-state index in [1.54, 1.807) is 29.5 Å². The molecule has 0 bridgehead atoms. The molecule has 0 aliphatic carbocycles. The summed E-state index contributed by atoms with van der Waals surface area (Å²) in [6.45, 7) is 4.10. The molecule has 3 aromatic rings. The van der Waals surface area contributed by atoms with Gasteiger partial charge in [-0.25, -0.2) is 9.97 Å².